The van der Waals surface area contributed by atoms with E-state index in [0.717, 1.165) is 13.0 Å². The topological polar surface area (TPSA) is 168 Å². The van der Waals surface area contributed by atoms with Gasteiger partial charge in [0.2, 0.25) is 19.6 Å². The number of carbonyl (C=O) groups excluding carboxylic acids is 5. The van der Waals surface area contributed by atoms with Crippen molar-refractivity contribution in [2.45, 2.75) is 60.4 Å². The van der Waals surface area contributed by atoms with E-state index in [4.69, 9.17) is 23.0 Å². The highest BCUT2D eigenvalue weighted by atomic mass is 32.2. The Bertz CT molecular complexity index is 673. The van der Waals surface area contributed by atoms with E-state index in [1.54, 1.807) is 13.8 Å². The van der Waals surface area contributed by atoms with E-state index in [0.29, 0.717) is 38.3 Å². The van der Waals surface area contributed by atoms with Crippen LogP contribution >= 0.6 is 20.4 Å². The van der Waals surface area contributed by atoms with Crippen molar-refractivity contribution in [3.63, 3.8) is 0 Å². The zero-order valence-corrected chi connectivity index (χ0v) is 24.5. The van der Waals surface area contributed by atoms with Gasteiger partial charge in [-0.2, -0.15) is 0 Å². The SMILES string of the molecule is CC(=O)OCC(C)(C)NC(=O)OCOP1OCC(C)(C)CO1.CC(=O)SCCNC=O.CCCNC=O. The molecule has 0 unspecified atom stereocenters. The highest BCUT2D eigenvalue weighted by Crippen LogP contribution is 2.46. The summed E-state index contributed by atoms with van der Waals surface area (Å²) in [6, 6.07) is 0. The van der Waals surface area contributed by atoms with E-state index < -0.39 is 26.2 Å². The lowest BCUT2D eigenvalue weighted by Gasteiger charge is -2.32. The Morgan fingerprint density at radius 1 is 1.03 bits per heavy atom. The molecule has 0 spiro atoms. The van der Waals surface area contributed by atoms with Crippen molar-refractivity contribution in [2.24, 2.45) is 5.41 Å². The number of nitrogens with one attached hydrogen (secondary N) is 3. The van der Waals surface area contributed by atoms with Crippen molar-refractivity contribution in [1.29, 1.82) is 0 Å². The Balaban J connectivity index is 0. The molecule has 1 fully saturated rings. The standard InChI is InChI=1S/C13H24NO7P.C5H9NO2S.C4H9NO/c1-10(15)17-8-13(4,5)14-11(16)18-9-21-22-19-6-12(2,3)7-20-22;1-5(8)9-3-2-6-4-7;1-2-3-5-4-6/h6-9H2,1-5H3,(H,14,16);4H,2-3H2,1H3,(H,6,7);4H,2-3H2,1H3,(H,5,6). The second-order valence-corrected chi connectivity index (χ2v) is 11.4. The van der Waals surface area contributed by atoms with E-state index in [9.17, 15) is 24.0 Å². The first-order chi connectivity index (χ1) is 17.3. The highest BCUT2D eigenvalue weighted by Gasteiger charge is 2.30. The summed E-state index contributed by atoms with van der Waals surface area (Å²) < 4.78 is 25.7. The fraction of sp³-hybridized carbons (Fsp3) is 0.773. The molecule has 0 aromatic rings. The third kappa shape index (κ3) is 26.9. The van der Waals surface area contributed by atoms with E-state index >= 15 is 0 Å². The Hall–Kier alpha value is -1.99. The van der Waals surface area contributed by atoms with Gasteiger partial charge in [-0.05, 0) is 20.3 Å². The van der Waals surface area contributed by atoms with Gasteiger partial charge in [0, 0.05) is 38.1 Å². The van der Waals surface area contributed by atoms with Crippen molar-refractivity contribution >= 4 is 50.4 Å². The Morgan fingerprint density at radius 3 is 2.05 bits per heavy atom. The molecule has 1 aliphatic rings. The van der Waals surface area contributed by atoms with Gasteiger partial charge >= 0.3 is 20.7 Å². The Labute approximate surface area is 224 Å². The maximum Gasteiger partial charge on any atom is 0.409 e. The van der Waals surface area contributed by atoms with Crippen LogP contribution in [-0.4, -0.2) is 81.0 Å². The molecule has 0 atom stereocenters. The van der Waals surface area contributed by atoms with E-state index in [1.165, 1.54) is 25.6 Å². The molecule has 0 aliphatic carbocycles. The number of hydrogen-bond acceptors (Lipinski definition) is 11. The van der Waals surface area contributed by atoms with Crippen molar-refractivity contribution in [1.82, 2.24) is 16.0 Å². The van der Waals surface area contributed by atoms with Gasteiger partial charge in [0.15, 0.2) is 5.12 Å². The van der Waals surface area contributed by atoms with Crippen molar-refractivity contribution in [3.8, 4) is 0 Å². The number of alkyl carbamates (subject to hydrolysis) is 1. The molecule has 0 aromatic heterocycles. The molecule has 1 rings (SSSR count). The molecule has 1 aliphatic heterocycles. The summed E-state index contributed by atoms with van der Waals surface area (Å²) in [4.78, 5) is 51.7. The van der Waals surface area contributed by atoms with E-state index in [2.05, 4.69) is 16.0 Å². The van der Waals surface area contributed by atoms with Crippen LogP contribution in [0.1, 0.15) is 54.9 Å². The minimum absolute atomic E-state index is 0.0405. The second kappa shape index (κ2) is 22.0. The maximum absolute atomic E-state index is 11.6. The first-order valence-corrected chi connectivity index (χ1v) is 13.6. The van der Waals surface area contributed by atoms with Gasteiger partial charge < -0.3 is 34.5 Å². The third-order valence-electron chi connectivity index (χ3n) is 3.66. The monoisotopic (exact) mass is 571 g/mol. The van der Waals surface area contributed by atoms with Crippen molar-refractivity contribution in [2.75, 3.05) is 45.5 Å². The molecule has 0 radical (unpaired) electrons. The zero-order chi connectivity index (χ0) is 28.7. The average molecular weight is 572 g/mol. The third-order valence-corrected chi connectivity index (χ3v) is 5.47. The lowest BCUT2D eigenvalue weighted by molar-refractivity contribution is -0.142. The number of ether oxygens (including phenoxy) is 2. The molecule has 0 aromatic carbocycles. The van der Waals surface area contributed by atoms with Crippen LogP contribution in [0.25, 0.3) is 0 Å². The van der Waals surface area contributed by atoms with Crippen LogP contribution in [0.5, 0.6) is 0 Å². The van der Waals surface area contributed by atoms with Crippen LogP contribution in [0, 0.1) is 5.41 Å². The molecule has 0 bridgehead atoms. The van der Waals surface area contributed by atoms with E-state index in [-0.39, 0.29) is 23.9 Å². The summed E-state index contributed by atoms with van der Waals surface area (Å²) in [6.45, 7) is 14.5. The summed E-state index contributed by atoms with van der Waals surface area (Å²) in [5.41, 5.74) is -0.781. The van der Waals surface area contributed by atoms with Gasteiger partial charge in [-0.3, -0.25) is 23.7 Å². The lowest BCUT2D eigenvalue weighted by Crippen LogP contribution is -2.47. The van der Waals surface area contributed by atoms with Gasteiger partial charge in [-0.15, -0.1) is 0 Å². The maximum atomic E-state index is 11.6. The Morgan fingerprint density at radius 2 is 1.59 bits per heavy atom. The van der Waals surface area contributed by atoms with Crippen LogP contribution < -0.4 is 16.0 Å². The number of carbonyl (C=O) groups is 5. The number of thioether (sulfide) groups is 1. The summed E-state index contributed by atoms with van der Waals surface area (Å²) in [6.07, 6.45) is 1.67. The Kier molecular flexibility index (Phi) is 22.1. The molecular weight excluding hydrogens is 529 g/mol. The summed E-state index contributed by atoms with van der Waals surface area (Å²) in [5.74, 6) is 0.248. The molecule has 1 saturated heterocycles. The van der Waals surface area contributed by atoms with Gasteiger partial charge in [0.25, 0.3) is 0 Å². The molecule has 13 nitrogen and oxygen atoms in total. The molecule has 3 N–H and O–H groups in total. The minimum atomic E-state index is -1.48. The molecule has 15 heteroatoms. The van der Waals surface area contributed by atoms with Crippen LogP contribution in [0.15, 0.2) is 0 Å². The molecular formula is C22H42N3O10PS. The van der Waals surface area contributed by atoms with Gasteiger partial charge in [0.1, 0.15) is 6.61 Å². The molecule has 3 amide bonds. The quantitative estimate of drug-likeness (QED) is 0.0976. The van der Waals surface area contributed by atoms with Crippen LogP contribution in [0.3, 0.4) is 0 Å². The first-order valence-electron chi connectivity index (χ1n) is 11.5. The fourth-order valence-electron chi connectivity index (χ4n) is 1.88. The van der Waals surface area contributed by atoms with Crippen LogP contribution in [0.4, 0.5) is 4.79 Å². The lowest BCUT2D eigenvalue weighted by atomic mass is 9.97. The molecule has 216 valence electrons. The smallest absolute Gasteiger partial charge is 0.409 e. The summed E-state index contributed by atoms with van der Waals surface area (Å²) >= 11 is 1.21. The molecule has 1 heterocycles. The summed E-state index contributed by atoms with van der Waals surface area (Å²) in [5, 5.41) is 7.62. The fourth-order valence-corrected chi connectivity index (χ4v) is 3.66. The zero-order valence-electron chi connectivity index (χ0n) is 22.7. The minimum Gasteiger partial charge on any atom is -0.463 e. The van der Waals surface area contributed by atoms with Gasteiger partial charge in [0.05, 0.1) is 18.8 Å². The van der Waals surface area contributed by atoms with Crippen LogP contribution in [-0.2, 0) is 42.2 Å². The van der Waals surface area contributed by atoms with Crippen LogP contribution in [0.2, 0.25) is 0 Å². The molecule has 37 heavy (non-hydrogen) atoms. The summed E-state index contributed by atoms with van der Waals surface area (Å²) in [7, 11) is -1.48. The largest absolute Gasteiger partial charge is 0.463 e. The second-order valence-electron chi connectivity index (χ2n) is 8.89. The predicted octanol–water partition coefficient (Wildman–Crippen LogP) is 2.48. The van der Waals surface area contributed by atoms with E-state index in [1.807, 2.05) is 20.8 Å². The van der Waals surface area contributed by atoms with Gasteiger partial charge in [-0.1, -0.05) is 32.5 Å². The van der Waals surface area contributed by atoms with Crippen molar-refractivity contribution < 1.29 is 47.0 Å². The first kappa shape index (κ1) is 37.2. The predicted molar refractivity (Wildman–Crippen MR) is 140 cm³/mol. The number of amides is 3. The highest BCUT2D eigenvalue weighted by molar-refractivity contribution is 8.13. The normalized spacial score (nSPS) is 14.4. The van der Waals surface area contributed by atoms with Gasteiger partial charge in [-0.25, -0.2) is 4.79 Å². The number of rotatable bonds is 13. The average Bonchev–Trinajstić information content (AvgIpc) is 2.81. The number of hydrogen-bond donors (Lipinski definition) is 3. The van der Waals surface area contributed by atoms with Crippen molar-refractivity contribution in [3.05, 3.63) is 0 Å². The molecule has 0 saturated carbocycles. The number of esters is 1.